The van der Waals surface area contributed by atoms with Crippen LogP contribution < -0.4 is 10.2 Å². The van der Waals surface area contributed by atoms with Crippen molar-refractivity contribution in [3.63, 3.8) is 0 Å². The van der Waals surface area contributed by atoms with Gasteiger partial charge in [-0.25, -0.2) is 8.42 Å². The second-order valence-electron chi connectivity index (χ2n) is 7.73. The van der Waals surface area contributed by atoms with Gasteiger partial charge < -0.3 is 19.7 Å². The molecule has 1 aromatic carbocycles. The summed E-state index contributed by atoms with van der Waals surface area (Å²) in [7, 11) is -3.66. The Hall–Kier alpha value is -1.68. The minimum Gasteiger partial charge on any atom is -0.379 e. The summed E-state index contributed by atoms with van der Waals surface area (Å²) in [6, 6.07) is 4.93. The van der Waals surface area contributed by atoms with Gasteiger partial charge in [0.2, 0.25) is 10.0 Å². The SMILES string of the molecule is O=C(NC[C@H]1CCCO1)c1cc(S(=O)(=O)N2CCOCC2)ccc1N1CCCC1. The van der Waals surface area contributed by atoms with Gasteiger partial charge in [0.25, 0.3) is 5.91 Å². The van der Waals surface area contributed by atoms with Crippen LogP contribution in [0.4, 0.5) is 5.69 Å². The van der Waals surface area contributed by atoms with Gasteiger partial charge in [-0.2, -0.15) is 4.31 Å². The van der Waals surface area contributed by atoms with Gasteiger partial charge in [-0.15, -0.1) is 0 Å². The third-order valence-electron chi connectivity index (χ3n) is 5.78. The second-order valence-corrected chi connectivity index (χ2v) is 9.67. The van der Waals surface area contributed by atoms with Gasteiger partial charge in [0, 0.05) is 45.0 Å². The van der Waals surface area contributed by atoms with E-state index in [9.17, 15) is 13.2 Å². The van der Waals surface area contributed by atoms with Crippen LogP contribution in [0.1, 0.15) is 36.0 Å². The van der Waals surface area contributed by atoms with Gasteiger partial charge >= 0.3 is 0 Å². The van der Waals surface area contributed by atoms with Crippen molar-refractivity contribution < 1.29 is 22.7 Å². The van der Waals surface area contributed by atoms with E-state index in [1.165, 1.54) is 10.4 Å². The molecule has 0 bridgehead atoms. The average molecular weight is 424 g/mol. The number of carbonyl (C=O) groups excluding carboxylic acids is 1. The average Bonchev–Trinajstić information content (AvgIpc) is 3.46. The highest BCUT2D eigenvalue weighted by atomic mass is 32.2. The van der Waals surface area contributed by atoms with E-state index < -0.39 is 10.0 Å². The van der Waals surface area contributed by atoms with Crippen molar-refractivity contribution in [3.05, 3.63) is 23.8 Å². The Morgan fingerprint density at radius 3 is 2.52 bits per heavy atom. The highest BCUT2D eigenvalue weighted by Gasteiger charge is 2.29. The maximum Gasteiger partial charge on any atom is 0.253 e. The summed E-state index contributed by atoms with van der Waals surface area (Å²) in [6.07, 6.45) is 4.13. The predicted octanol–water partition coefficient (Wildman–Crippen LogP) is 1.22. The number of rotatable bonds is 6. The molecule has 3 fully saturated rings. The molecule has 160 valence electrons. The summed E-state index contributed by atoms with van der Waals surface area (Å²) in [5.74, 6) is -0.249. The fourth-order valence-corrected chi connectivity index (χ4v) is 5.57. The van der Waals surface area contributed by atoms with Crippen LogP contribution in [0.15, 0.2) is 23.1 Å². The number of hydrogen-bond acceptors (Lipinski definition) is 6. The van der Waals surface area contributed by atoms with Crippen LogP contribution in [0, 0.1) is 0 Å². The van der Waals surface area contributed by atoms with E-state index in [2.05, 4.69) is 10.2 Å². The van der Waals surface area contributed by atoms with Gasteiger partial charge in [0.15, 0.2) is 0 Å². The molecule has 9 heteroatoms. The molecule has 1 atom stereocenters. The number of nitrogens with zero attached hydrogens (tertiary/aromatic N) is 2. The summed E-state index contributed by atoms with van der Waals surface area (Å²) >= 11 is 0. The van der Waals surface area contributed by atoms with E-state index in [-0.39, 0.29) is 16.9 Å². The van der Waals surface area contributed by atoms with E-state index in [4.69, 9.17) is 9.47 Å². The van der Waals surface area contributed by atoms with Crippen LogP contribution in [0.5, 0.6) is 0 Å². The molecule has 0 aliphatic carbocycles. The molecule has 1 aromatic rings. The van der Waals surface area contributed by atoms with Crippen molar-refractivity contribution in [2.24, 2.45) is 0 Å². The van der Waals surface area contributed by atoms with Crippen molar-refractivity contribution >= 4 is 21.6 Å². The molecule has 0 aromatic heterocycles. The molecule has 3 aliphatic heterocycles. The third-order valence-corrected chi connectivity index (χ3v) is 7.68. The van der Waals surface area contributed by atoms with Crippen LogP contribution in [-0.2, 0) is 19.5 Å². The summed E-state index contributed by atoms with van der Waals surface area (Å²) in [5.41, 5.74) is 1.22. The van der Waals surface area contributed by atoms with Crippen LogP contribution in [0.25, 0.3) is 0 Å². The highest BCUT2D eigenvalue weighted by Crippen LogP contribution is 2.29. The Kier molecular flexibility index (Phi) is 6.38. The number of benzene rings is 1. The van der Waals surface area contributed by atoms with Gasteiger partial charge in [-0.05, 0) is 43.9 Å². The van der Waals surface area contributed by atoms with Crippen LogP contribution in [0.2, 0.25) is 0 Å². The van der Waals surface area contributed by atoms with E-state index in [0.717, 1.165) is 51.1 Å². The minimum absolute atomic E-state index is 0.0365. The maximum atomic E-state index is 13.1. The van der Waals surface area contributed by atoms with Crippen molar-refractivity contribution in [3.8, 4) is 0 Å². The number of morpholine rings is 1. The molecule has 8 nitrogen and oxygen atoms in total. The molecule has 0 unspecified atom stereocenters. The zero-order chi connectivity index (χ0) is 20.3. The number of ether oxygens (including phenoxy) is 2. The Labute approximate surface area is 172 Å². The topological polar surface area (TPSA) is 88.2 Å². The van der Waals surface area contributed by atoms with E-state index in [1.807, 2.05) is 0 Å². The lowest BCUT2D eigenvalue weighted by atomic mass is 10.1. The zero-order valence-corrected chi connectivity index (χ0v) is 17.5. The summed E-state index contributed by atoms with van der Waals surface area (Å²) in [4.78, 5) is 15.3. The molecular weight excluding hydrogens is 394 g/mol. The molecule has 4 rings (SSSR count). The molecule has 3 saturated heterocycles. The second kappa shape index (κ2) is 8.99. The first-order valence-electron chi connectivity index (χ1n) is 10.4. The van der Waals surface area contributed by atoms with Gasteiger partial charge in [0.1, 0.15) is 0 Å². The number of nitrogens with one attached hydrogen (secondary N) is 1. The first kappa shape index (κ1) is 20.6. The summed E-state index contributed by atoms with van der Waals surface area (Å²) in [6.45, 7) is 4.36. The number of anilines is 1. The van der Waals surface area contributed by atoms with E-state index >= 15 is 0 Å². The van der Waals surface area contributed by atoms with Crippen molar-refractivity contribution in [2.75, 3.05) is 57.4 Å². The lowest BCUT2D eigenvalue weighted by molar-refractivity contribution is 0.0730. The molecule has 1 amide bonds. The molecule has 3 aliphatic rings. The first-order chi connectivity index (χ1) is 14.1. The predicted molar refractivity (Wildman–Crippen MR) is 109 cm³/mol. The van der Waals surface area contributed by atoms with Crippen molar-refractivity contribution in [1.82, 2.24) is 9.62 Å². The number of sulfonamides is 1. The molecule has 0 saturated carbocycles. The molecule has 29 heavy (non-hydrogen) atoms. The maximum absolute atomic E-state index is 13.1. The van der Waals surface area contributed by atoms with E-state index in [0.29, 0.717) is 38.4 Å². The van der Waals surface area contributed by atoms with Crippen LogP contribution in [0.3, 0.4) is 0 Å². The normalized spacial score (nSPS) is 23.4. The van der Waals surface area contributed by atoms with Crippen molar-refractivity contribution in [1.29, 1.82) is 0 Å². The van der Waals surface area contributed by atoms with Gasteiger partial charge in [-0.3, -0.25) is 4.79 Å². The Morgan fingerprint density at radius 2 is 1.83 bits per heavy atom. The van der Waals surface area contributed by atoms with Gasteiger partial charge in [0.05, 0.1) is 29.8 Å². The number of amides is 1. The van der Waals surface area contributed by atoms with Crippen molar-refractivity contribution in [2.45, 2.75) is 36.7 Å². The smallest absolute Gasteiger partial charge is 0.253 e. The van der Waals surface area contributed by atoms with Crippen LogP contribution >= 0.6 is 0 Å². The quantitative estimate of drug-likeness (QED) is 0.740. The summed E-state index contributed by atoms with van der Waals surface area (Å²) < 4.78 is 38.4. The Balaban J connectivity index is 1.60. The van der Waals surface area contributed by atoms with Crippen LogP contribution in [-0.4, -0.2) is 77.3 Å². The molecule has 1 N–H and O–H groups in total. The molecule has 0 spiro atoms. The highest BCUT2D eigenvalue weighted by molar-refractivity contribution is 7.89. The standard InChI is InChI=1S/C20H29N3O5S/c24-20(21-15-16-4-3-11-28-16)18-14-17(5-6-19(18)22-7-1-2-8-22)29(25,26)23-9-12-27-13-10-23/h5-6,14,16H,1-4,7-13,15H2,(H,21,24)/t16-/m1/s1. The zero-order valence-electron chi connectivity index (χ0n) is 16.6. The Bertz CT molecular complexity index is 827. The number of hydrogen-bond donors (Lipinski definition) is 1. The summed E-state index contributed by atoms with van der Waals surface area (Å²) in [5, 5.41) is 2.94. The largest absolute Gasteiger partial charge is 0.379 e. The fourth-order valence-electron chi connectivity index (χ4n) is 4.13. The lowest BCUT2D eigenvalue weighted by Gasteiger charge is -2.27. The minimum atomic E-state index is -3.66. The monoisotopic (exact) mass is 423 g/mol. The molecular formula is C20H29N3O5S. The Morgan fingerprint density at radius 1 is 1.07 bits per heavy atom. The first-order valence-corrected chi connectivity index (χ1v) is 11.9. The number of carbonyl (C=O) groups is 1. The van der Waals surface area contributed by atoms with Gasteiger partial charge in [-0.1, -0.05) is 0 Å². The lowest BCUT2D eigenvalue weighted by Crippen LogP contribution is -2.40. The molecule has 0 radical (unpaired) electrons. The fraction of sp³-hybridized carbons (Fsp3) is 0.650. The molecule has 3 heterocycles. The van der Waals surface area contributed by atoms with E-state index in [1.54, 1.807) is 12.1 Å². The third kappa shape index (κ3) is 4.58.